The first-order chi connectivity index (χ1) is 16.7. The van der Waals surface area contributed by atoms with Crippen molar-refractivity contribution in [1.82, 2.24) is 14.1 Å². The molecular formula is C25H26ClN5O3S. The van der Waals surface area contributed by atoms with Gasteiger partial charge in [0, 0.05) is 43.2 Å². The van der Waals surface area contributed by atoms with Gasteiger partial charge in [0.05, 0.1) is 34.5 Å². The first kappa shape index (κ1) is 24.9. The van der Waals surface area contributed by atoms with E-state index in [2.05, 4.69) is 11.2 Å². The number of hydrogen-bond donors (Lipinski definition) is 0. The lowest BCUT2D eigenvalue weighted by molar-refractivity contribution is 0.380. The molecule has 0 unspecified atom stereocenters. The van der Waals surface area contributed by atoms with Crippen molar-refractivity contribution in [3.63, 3.8) is 0 Å². The Morgan fingerprint density at radius 1 is 1.09 bits per heavy atom. The van der Waals surface area contributed by atoms with Crippen LogP contribution in [0.3, 0.4) is 0 Å². The predicted octanol–water partition coefficient (Wildman–Crippen LogP) is 3.21. The number of nitrogens with zero attached hydrogens (tertiary/aromatic N) is 5. The lowest BCUT2D eigenvalue weighted by Gasteiger charge is -2.36. The molecule has 35 heavy (non-hydrogen) atoms. The summed E-state index contributed by atoms with van der Waals surface area (Å²) in [6.45, 7) is 4.94. The second-order valence-corrected chi connectivity index (χ2v) is 11.6. The summed E-state index contributed by atoms with van der Waals surface area (Å²) in [4.78, 5) is 15.7. The molecule has 1 aromatic heterocycles. The summed E-state index contributed by atoms with van der Waals surface area (Å²) < 4.78 is 28.0. The van der Waals surface area contributed by atoms with Gasteiger partial charge in [0.2, 0.25) is 10.0 Å². The molecule has 0 saturated carbocycles. The second kappa shape index (κ2) is 10.2. The van der Waals surface area contributed by atoms with Gasteiger partial charge < -0.3 is 4.90 Å². The molecule has 0 atom stereocenters. The number of anilines is 1. The van der Waals surface area contributed by atoms with E-state index in [0.717, 1.165) is 5.56 Å². The fourth-order valence-electron chi connectivity index (χ4n) is 4.09. The standard InChI is InChI=1S/C25H26ClN5O3S/c1-18(2)35(33,34)30-12-10-29(11-13-30)24-17-28-31(22-5-3-4-21(26)15-22)25(32)23(24)14-19-6-8-20(16-27)9-7-19/h3-9,15,17-18H,10-14H2,1-2H3. The molecule has 182 valence electrons. The zero-order chi connectivity index (χ0) is 25.2. The maximum atomic E-state index is 13.7. The smallest absolute Gasteiger partial charge is 0.277 e. The summed E-state index contributed by atoms with van der Waals surface area (Å²) in [5, 5.41) is 13.5. The minimum Gasteiger partial charge on any atom is -0.367 e. The fraction of sp³-hybridized carbons (Fsp3) is 0.320. The normalized spacial score (nSPS) is 14.8. The average molecular weight is 512 g/mol. The van der Waals surface area contributed by atoms with Crippen LogP contribution in [0.5, 0.6) is 0 Å². The minimum absolute atomic E-state index is 0.272. The highest BCUT2D eigenvalue weighted by molar-refractivity contribution is 7.89. The maximum absolute atomic E-state index is 13.7. The number of piperazine rings is 1. The van der Waals surface area contributed by atoms with Crippen LogP contribution in [-0.4, -0.2) is 53.9 Å². The third-order valence-electron chi connectivity index (χ3n) is 6.11. The van der Waals surface area contributed by atoms with Crippen molar-refractivity contribution in [3.05, 3.63) is 86.8 Å². The SMILES string of the molecule is CC(C)S(=O)(=O)N1CCN(c2cnn(-c3cccc(Cl)c3)c(=O)c2Cc2ccc(C#N)cc2)CC1. The van der Waals surface area contributed by atoms with Crippen LogP contribution in [0.25, 0.3) is 5.69 Å². The number of aromatic nitrogens is 2. The van der Waals surface area contributed by atoms with E-state index in [4.69, 9.17) is 16.9 Å². The molecule has 1 saturated heterocycles. The highest BCUT2D eigenvalue weighted by Crippen LogP contribution is 2.24. The van der Waals surface area contributed by atoms with Crippen LogP contribution in [0.4, 0.5) is 5.69 Å². The minimum atomic E-state index is -3.34. The Balaban J connectivity index is 1.72. The number of rotatable bonds is 6. The quantitative estimate of drug-likeness (QED) is 0.504. The molecule has 0 amide bonds. The molecule has 0 radical (unpaired) electrons. The number of benzene rings is 2. The van der Waals surface area contributed by atoms with E-state index in [9.17, 15) is 13.2 Å². The van der Waals surface area contributed by atoms with E-state index in [0.29, 0.717) is 60.1 Å². The van der Waals surface area contributed by atoms with E-state index in [1.165, 1.54) is 8.99 Å². The van der Waals surface area contributed by atoms with E-state index < -0.39 is 15.3 Å². The molecule has 1 fully saturated rings. The summed E-state index contributed by atoms with van der Waals surface area (Å²) in [5.74, 6) is 0. The summed E-state index contributed by atoms with van der Waals surface area (Å²) in [6, 6.07) is 16.1. The van der Waals surface area contributed by atoms with Crippen LogP contribution in [-0.2, 0) is 16.4 Å². The third-order valence-corrected chi connectivity index (χ3v) is 8.62. The Hall–Kier alpha value is -3.19. The van der Waals surface area contributed by atoms with Gasteiger partial charge in [-0.1, -0.05) is 29.8 Å². The number of hydrogen-bond acceptors (Lipinski definition) is 6. The third kappa shape index (κ3) is 5.25. The summed E-state index contributed by atoms with van der Waals surface area (Å²) in [5.41, 5.74) is 2.94. The molecular weight excluding hydrogens is 486 g/mol. The van der Waals surface area contributed by atoms with Crippen LogP contribution < -0.4 is 10.5 Å². The molecule has 0 bridgehead atoms. The van der Waals surface area contributed by atoms with E-state index in [1.807, 2.05) is 17.0 Å². The van der Waals surface area contributed by atoms with Crippen molar-refractivity contribution in [2.75, 3.05) is 31.1 Å². The molecule has 1 aliphatic heterocycles. The van der Waals surface area contributed by atoms with Crippen molar-refractivity contribution >= 4 is 27.3 Å². The molecule has 3 aromatic rings. The van der Waals surface area contributed by atoms with Crippen LogP contribution in [0, 0.1) is 11.3 Å². The first-order valence-electron chi connectivity index (χ1n) is 11.3. The summed E-state index contributed by atoms with van der Waals surface area (Å²) in [6.07, 6.45) is 2.00. The van der Waals surface area contributed by atoms with Crippen LogP contribution in [0.2, 0.25) is 5.02 Å². The molecule has 0 N–H and O–H groups in total. The van der Waals surface area contributed by atoms with Crippen molar-refractivity contribution in [2.24, 2.45) is 0 Å². The van der Waals surface area contributed by atoms with Crippen molar-refractivity contribution < 1.29 is 8.42 Å². The second-order valence-electron chi connectivity index (χ2n) is 8.67. The van der Waals surface area contributed by atoms with Crippen LogP contribution in [0.1, 0.15) is 30.5 Å². The molecule has 10 heteroatoms. The maximum Gasteiger partial charge on any atom is 0.277 e. The van der Waals surface area contributed by atoms with E-state index in [1.54, 1.807) is 56.4 Å². The van der Waals surface area contributed by atoms with Crippen LogP contribution >= 0.6 is 11.6 Å². The molecule has 8 nitrogen and oxygen atoms in total. The van der Waals surface area contributed by atoms with E-state index >= 15 is 0 Å². The van der Waals surface area contributed by atoms with Gasteiger partial charge in [-0.15, -0.1) is 0 Å². The predicted molar refractivity (Wildman–Crippen MR) is 137 cm³/mol. The van der Waals surface area contributed by atoms with Crippen molar-refractivity contribution in [2.45, 2.75) is 25.5 Å². The Kier molecular flexibility index (Phi) is 7.26. The fourth-order valence-corrected chi connectivity index (χ4v) is 5.55. The lowest BCUT2D eigenvalue weighted by Crippen LogP contribution is -2.51. The monoisotopic (exact) mass is 511 g/mol. The van der Waals surface area contributed by atoms with Crippen molar-refractivity contribution in [1.29, 1.82) is 5.26 Å². The molecule has 1 aliphatic rings. The molecule has 0 aliphatic carbocycles. The Labute approximate surface area is 210 Å². The van der Waals surface area contributed by atoms with Gasteiger partial charge in [-0.2, -0.15) is 19.3 Å². The molecule has 2 heterocycles. The van der Waals surface area contributed by atoms with Gasteiger partial charge >= 0.3 is 0 Å². The highest BCUT2D eigenvalue weighted by atomic mass is 35.5. The van der Waals surface area contributed by atoms with Gasteiger partial charge in [-0.25, -0.2) is 8.42 Å². The zero-order valence-corrected chi connectivity index (χ0v) is 21.1. The molecule has 2 aromatic carbocycles. The average Bonchev–Trinajstić information content (AvgIpc) is 2.85. The Morgan fingerprint density at radius 3 is 2.37 bits per heavy atom. The topological polar surface area (TPSA) is 99.3 Å². The van der Waals surface area contributed by atoms with Crippen molar-refractivity contribution in [3.8, 4) is 11.8 Å². The van der Waals surface area contributed by atoms with Gasteiger partial charge in [0.15, 0.2) is 0 Å². The van der Waals surface area contributed by atoms with Crippen LogP contribution in [0.15, 0.2) is 59.5 Å². The largest absolute Gasteiger partial charge is 0.367 e. The van der Waals surface area contributed by atoms with E-state index in [-0.39, 0.29) is 5.56 Å². The zero-order valence-electron chi connectivity index (χ0n) is 19.6. The van der Waals surface area contributed by atoms with Gasteiger partial charge in [0.25, 0.3) is 5.56 Å². The highest BCUT2D eigenvalue weighted by Gasteiger charge is 2.30. The van der Waals surface area contributed by atoms with Gasteiger partial charge in [-0.3, -0.25) is 4.79 Å². The Morgan fingerprint density at radius 2 is 1.77 bits per heavy atom. The van der Waals surface area contributed by atoms with Gasteiger partial charge in [-0.05, 0) is 49.7 Å². The van der Waals surface area contributed by atoms with Gasteiger partial charge in [0.1, 0.15) is 0 Å². The summed E-state index contributed by atoms with van der Waals surface area (Å²) in [7, 11) is -3.34. The lowest BCUT2D eigenvalue weighted by atomic mass is 10.0. The Bertz CT molecular complexity index is 1420. The molecule has 0 spiro atoms. The summed E-state index contributed by atoms with van der Waals surface area (Å²) >= 11 is 6.14. The number of halogens is 1. The first-order valence-corrected chi connectivity index (χ1v) is 13.2. The molecule has 4 rings (SSSR count). The number of sulfonamides is 1. The number of nitriles is 1.